The number of carbonyl (C=O) groups is 1. The van der Waals surface area contributed by atoms with Crippen molar-refractivity contribution in [2.75, 3.05) is 0 Å². The lowest BCUT2D eigenvalue weighted by molar-refractivity contribution is -0.385. The third kappa shape index (κ3) is 3.12. The zero-order chi connectivity index (χ0) is 17.1. The molecule has 8 nitrogen and oxygen atoms in total. The first kappa shape index (κ1) is 15.3. The molecule has 0 aliphatic heterocycles. The Labute approximate surface area is 136 Å². The van der Waals surface area contributed by atoms with Crippen LogP contribution in [-0.4, -0.2) is 25.7 Å². The number of hydrogen-bond donors (Lipinski definition) is 0. The molecule has 0 N–H and O–H groups in total. The first-order valence-corrected chi connectivity index (χ1v) is 6.98. The predicted octanol–water partition coefficient (Wildman–Crippen LogP) is 3.17. The average Bonchev–Trinajstić information content (AvgIpc) is 3.09. The molecular weight excluding hydrogens is 312 g/mol. The van der Waals surface area contributed by atoms with Crippen LogP contribution in [0.2, 0.25) is 0 Å². The lowest BCUT2D eigenvalue weighted by Gasteiger charge is -2.08. The number of Topliss-reactive ketones (excluding diaryl/α,β-unsaturated/α-hetero) is 1. The Bertz CT molecular complexity index is 906. The van der Waals surface area contributed by atoms with Crippen molar-refractivity contribution in [1.29, 1.82) is 0 Å². The van der Waals surface area contributed by atoms with E-state index in [0.29, 0.717) is 11.4 Å². The van der Waals surface area contributed by atoms with Crippen LogP contribution >= 0.6 is 0 Å². The zero-order valence-electron chi connectivity index (χ0n) is 12.6. The molecular formula is C16H12N4O4. The van der Waals surface area contributed by atoms with Crippen molar-refractivity contribution in [3.63, 3.8) is 0 Å². The molecule has 0 aliphatic rings. The summed E-state index contributed by atoms with van der Waals surface area (Å²) in [6.45, 7) is 1.35. The third-order valence-corrected chi connectivity index (χ3v) is 3.29. The first-order valence-electron chi connectivity index (χ1n) is 6.98. The molecule has 0 saturated carbocycles. The van der Waals surface area contributed by atoms with Crippen LogP contribution in [0.15, 0.2) is 54.9 Å². The van der Waals surface area contributed by atoms with E-state index in [-0.39, 0.29) is 22.8 Å². The average molecular weight is 324 g/mol. The molecule has 8 heteroatoms. The molecule has 24 heavy (non-hydrogen) atoms. The lowest BCUT2D eigenvalue weighted by Crippen LogP contribution is -1.99. The maximum absolute atomic E-state index is 11.4. The molecule has 3 rings (SSSR count). The molecule has 2 aromatic carbocycles. The summed E-state index contributed by atoms with van der Waals surface area (Å²) in [6, 6.07) is 11.0. The van der Waals surface area contributed by atoms with Crippen LogP contribution in [0.25, 0.3) is 5.69 Å². The second-order valence-electron chi connectivity index (χ2n) is 4.94. The van der Waals surface area contributed by atoms with Crippen molar-refractivity contribution in [1.82, 2.24) is 15.0 Å². The number of nitro benzene ring substituents is 1. The van der Waals surface area contributed by atoms with Crippen LogP contribution in [0.4, 0.5) is 5.69 Å². The number of nitrogens with zero attached hydrogens (tertiary/aromatic N) is 4. The van der Waals surface area contributed by atoms with Crippen LogP contribution in [0.3, 0.4) is 0 Å². The van der Waals surface area contributed by atoms with Gasteiger partial charge in [0.05, 0.1) is 23.0 Å². The van der Waals surface area contributed by atoms with Gasteiger partial charge in [-0.05, 0) is 31.2 Å². The van der Waals surface area contributed by atoms with E-state index in [4.69, 9.17) is 4.74 Å². The fourth-order valence-corrected chi connectivity index (χ4v) is 2.13. The van der Waals surface area contributed by atoms with Crippen molar-refractivity contribution >= 4 is 11.5 Å². The Morgan fingerprint density at radius 2 is 2.08 bits per heavy atom. The quantitative estimate of drug-likeness (QED) is 0.406. The highest BCUT2D eigenvalue weighted by Crippen LogP contribution is 2.32. The molecule has 0 saturated heterocycles. The van der Waals surface area contributed by atoms with Gasteiger partial charge in [-0.2, -0.15) is 0 Å². The Morgan fingerprint density at radius 1 is 1.25 bits per heavy atom. The summed E-state index contributed by atoms with van der Waals surface area (Å²) in [6.07, 6.45) is 3.21. The molecule has 0 bridgehead atoms. The maximum Gasteiger partial charge on any atom is 0.312 e. The number of ketones is 1. The van der Waals surface area contributed by atoms with Gasteiger partial charge in [-0.3, -0.25) is 14.9 Å². The highest BCUT2D eigenvalue weighted by atomic mass is 16.6. The third-order valence-electron chi connectivity index (χ3n) is 3.29. The van der Waals surface area contributed by atoms with E-state index in [1.165, 1.54) is 25.1 Å². The second-order valence-corrected chi connectivity index (χ2v) is 4.94. The number of nitro groups is 1. The van der Waals surface area contributed by atoms with E-state index in [1.54, 1.807) is 41.3 Å². The van der Waals surface area contributed by atoms with Gasteiger partial charge >= 0.3 is 5.69 Å². The van der Waals surface area contributed by atoms with Gasteiger partial charge in [-0.15, -0.1) is 5.10 Å². The molecule has 0 unspecified atom stereocenters. The summed E-state index contributed by atoms with van der Waals surface area (Å²) in [4.78, 5) is 22.0. The van der Waals surface area contributed by atoms with Gasteiger partial charge in [0.2, 0.25) is 5.75 Å². The predicted molar refractivity (Wildman–Crippen MR) is 84.5 cm³/mol. The van der Waals surface area contributed by atoms with E-state index in [9.17, 15) is 14.9 Å². The van der Waals surface area contributed by atoms with E-state index in [1.807, 2.05) is 0 Å². The largest absolute Gasteiger partial charge is 0.450 e. The zero-order valence-corrected chi connectivity index (χ0v) is 12.6. The topological polar surface area (TPSA) is 100 Å². The summed E-state index contributed by atoms with van der Waals surface area (Å²) in [5, 5.41) is 18.8. The molecule has 0 radical (unpaired) electrons. The van der Waals surface area contributed by atoms with Gasteiger partial charge in [0.15, 0.2) is 5.78 Å². The standard InChI is InChI=1S/C16H12N4O4/c1-11(21)12-5-6-16(15(9-12)20(22)23)24-14-4-2-3-13(10-14)19-8-7-17-18-19/h2-10H,1H3. The van der Waals surface area contributed by atoms with Crippen molar-refractivity contribution in [3.8, 4) is 17.2 Å². The lowest BCUT2D eigenvalue weighted by atomic mass is 10.1. The summed E-state index contributed by atoms with van der Waals surface area (Å²) < 4.78 is 7.17. The van der Waals surface area contributed by atoms with E-state index >= 15 is 0 Å². The minimum absolute atomic E-state index is 0.0562. The maximum atomic E-state index is 11.4. The highest BCUT2D eigenvalue weighted by Gasteiger charge is 2.18. The second kappa shape index (κ2) is 6.29. The number of carbonyl (C=O) groups excluding carboxylic acids is 1. The van der Waals surface area contributed by atoms with Crippen molar-refractivity contribution in [3.05, 3.63) is 70.5 Å². The minimum atomic E-state index is -0.580. The summed E-state index contributed by atoms with van der Waals surface area (Å²) in [5.74, 6) is 0.209. The van der Waals surface area contributed by atoms with Crippen LogP contribution < -0.4 is 4.74 Å². The number of aromatic nitrogens is 3. The fraction of sp³-hybridized carbons (Fsp3) is 0.0625. The Hall–Kier alpha value is -3.55. The molecule has 1 heterocycles. The van der Waals surface area contributed by atoms with Crippen LogP contribution in [0.5, 0.6) is 11.5 Å². The normalized spacial score (nSPS) is 10.4. The van der Waals surface area contributed by atoms with E-state index in [2.05, 4.69) is 10.3 Å². The molecule has 0 amide bonds. The Morgan fingerprint density at radius 3 is 2.75 bits per heavy atom. The summed E-state index contributed by atoms with van der Waals surface area (Å²) in [5.41, 5.74) is 0.687. The summed E-state index contributed by atoms with van der Waals surface area (Å²) >= 11 is 0. The number of benzene rings is 2. The molecule has 0 spiro atoms. The molecule has 0 fully saturated rings. The smallest absolute Gasteiger partial charge is 0.312 e. The highest BCUT2D eigenvalue weighted by molar-refractivity contribution is 5.95. The minimum Gasteiger partial charge on any atom is -0.450 e. The van der Waals surface area contributed by atoms with Crippen LogP contribution in [0.1, 0.15) is 17.3 Å². The van der Waals surface area contributed by atoms with Crippen molar-refractivity contribution in [2.45, 2.75) is 6.92 Å². The van der Waals surface area contributed by atoms with Gasteiger partial charge in [-0.1, -0.05) is 11.3 Å². The van der Waals surface area contributed by atoms with Gasteiger partial charge < -0.3 is 4.74 Å². The van der Waals surface area contributed by atoms with Gasteiger partial charge in [0.25, 0.3) is 0 Å². The SMILES string of the molecule is CC(=O)c1ccc(Oc2cccc(-n3ccnn3)c2)c([N+](=O)[O-])c1. The number of ether oxygens (including phenoxy) is 1. The Balaban J connectivity index is 1.95. The van der Waals surface area contributed by atoms with Gasteiger partial charge in [0, 0.05) is 17.7 Å². The van der Waals surface area contributed by atoms with Crippen molar-refractivity contribution in [2.24, 2.45) is 0 Å². The van der Waals surface area contributed by atoms with Crippen LogP contribution in [-0.2, 0) is 0 Å². The molecule has 120 valence electrons. The van der Waals surface area contributed by atoms with Gasteiger partial charge in [-0.25, -0.2) is 4.68 Å². The van der Waals surface area contributed by atoms with Crippen molar-refractivity contribution < 1.29 is 14.5 Å². The Kier molecular flexibility index (Phi) is 4.02. The fourth-order valence-electron chi connectivity index (χ4n) is 2.13. The number of hydrogen-bond acceptors (Lipinski definition) is 6. The molecule has 1 aromatic heterocycles. The van der Waals surface area contributed by atoms with E-state index < -0.39 is 4.92 Å². The van der Waals surface area contributed by atoms with E-state index in [0.717, 1.165) is 0 Å². The van der Waals surface area contributed by atoms with Crippen LogP contribution in [0, 0.1) is 10.1 Å². The summed E-state index contributed by atoms with van der Waals surface area (Å²) in [7, 11) is 0. The number of rotatable bonds is 5. The molecule has 0 atom stereocenters. The molecule has 3 aromatic rings. The first-order chi connectivity index (χ1) is 11.5. The molecule has 0 aliphatic carbocycles. The monoisotopic (exact) mass is 324 g/mol. The van der Waals surface area contributed by atoms with Gasteiger partial charge in [0.1, 0.15) is 5.75 Å².